The van der Waals surface area contributed by atoms with Gasteiger partial charge in [-0.2, -0.15) is 5.26 Å². The maximum absolute atomic E-state index is 12.4. The monoisotopic (exact) mass is 438 g/mol. The summed E-state index contributed by atoms with van der Waals surface area (Å²) in [5.74, 6) is -0.689. The molecule has 0 atom stereocenters. The molecule has 1 fully saturated rings. The number of nitrogens with zero attached hydrogens (tertiary/aromatic N) is 3. The van der Waals surface area contributed by atoms with Gasteiger partial charge in [-0.1, -0.05) is 17.8 Å². The first-order valence-electron chi connectivity index (χ1n) is 9.85. The van der Waals surface area contributed by atoms with Crippen molar-refractivity contribution < 1.29 is 19.1 Å². The fourth-order valence-electron chi connectivity index (χ4n) is 3.19. The summed E-state index contributed by atoms with van der Waals surface area (Å²) in [5.41, 5.74) is 2.22. The Hall–Kier alpha value is -3.38. The second kappa shape index (κ2) is 10.1. The van der Waals surface area contributed by atoms with Crippen LogP contribution in [0.3, 0.4) is 0 Å². The van der Waals surface area contributed by atoms with Crippen LogP contribution in [0, 0.1) is 18.3 Å². The highest BCUT2D eigenvalue weighted by Gasteiger charge is 2.22. The minimum atomic E-state index is -0.533. The van der Waals surface area contributed by atoms with Crippen LogP contribution in [0.4, 0.5) is 11.4 Å². The second-order valence-electron chi connectivity index (χ2n) is 6.84. The molecule has 1 aliphatic rings. The molecule has 2 heterocycles. The number of aromatic nitrogens is 1. The fourth-order valence-corrected chi connectivity index (χ4v) is 3.99. The fraction of sp³-hybridized carbons (Fsp3) is 0.318. The summed E-state index contributed by atoms with van der Waals surface area (Å²) < 4.78 is 4.98. The lowest BCUT2D eigenvalue weighted by molar-refractivity contribution is -0.117. The molecule has 9 heteroatoms. The SMILES string of the molecule is CCOC(=O)c1cc(C#N)c(SCC(=O)Nc2cccc(N3CCCC3=O)c2)nc1C. The summed E-state index contributed by atoms with van der Waals surface area (Å²) in [6.45, 7) is 4.26. The summed E-state index contributed by atoms with van der Waals surface area (Å²) in [7, 11) is 0. The highest BCUT2D eigenvalue weighted by Crippen LogP contribution is 2.26. The Labute approximate surface area is 184 Å². The average Bonchev–Trinajstić information content (AvgIpc) is 3.18. The van der Waals surface area contributed by atoms with Gasteiger partial charge in [-0.3, -0.25) is 9.59 Å². The first-order chi connectivity index (χ1) is 14.9. The van der Waals surface area contributed by atoms with Gasteiger partial charge in [0.2, 0.25) is 11.8 Å². The van der Waals surface area contributed by atoms with E-state index in [1.807, 2.05) is 12.1 Å². The van der Waals surface area contributed by atoms with Crippen LogP contribution < -0.4 is 10.2 Å². The smallest absolute Gasteiger partial charge is 0.340 e. The van der Waals surface area contributed by atoms with Crippen molar-refractivity contribution in [2.45, 2.75) is 31.7 Å². The number of esters is 1. The topological polar surface area (TPSA) is 112 Å². The molecule has 1 aliphatic heterocycles. The number of hydrogen-bond acceptors (Lipinski definition) is 7. The van der Waals surface area contributed by atoms with Crippen molar-refractivity contribution in [1.29, 1.82) is 5.26 Å². The molecular formula is C22H22N4O4S. The molecule has 8 nitrogen and oxygen atoms in total. The lowest BCUT2D eigenvalue weighted by Crippen LogP contribution is -2.23. The van der Waals surface area contributed by atoms with Gasteiger partial charge in [0.25, 0.3) is 0 Å². The van der Waals surface area contributed by atoms with Crippen molar-refractivity contribution >= 4 is 40.9 Å². The maximum Gasteiger partial charge on any atom is 0.340 e. The van der Waals surface area contributed by atoms with Gasteiger partial charge in [-0.15, -0.1) is 0 Å². The molecule has 2 aromatic rings. The van der Waals surface area contributed by atoms with E-state index >= 15 is 0 Å². The van der Waals surface area contributed by atoms with Crippen molar-refractivity contribution in [2.75, 3.05) is 29.1 Å². The van der Waals surface area contributed by atoms with Gasteiger partial charge in [-0.05, 0) is 44.5 Å². The van der Waals surface area contributed by atoms with E-state index in [0.717, 1.165) is 23.9 Å². The quantitative estimate of drug-likeness (QED) is 0.521. The van der Waals surface area contributed by atoms with Gasteiger partial charge in [0.15, 0.2) is 0 Å². The molecule has 2 amide bonds. The number of carbonyl (C=O) groups excluding carboxylic acids is 3. The Morgan fingerprint density at radius 2 is 2.16 bits per heavy atom. The van der Waals surface area contributed by atoms with Gasteiger partial charge >= 0.3 is 5.97 Å². The average molecular weight is 439 g/mol. The van der Waals surface area contributed by atoms with E-state index in [2.05, 4.69) is 10.3 Å². The van der Waals surface area contributed by atoms with E-state index < -0.39 is 5.97 Å². The van der Waals surface area contributed by atoms with Crippen molar-refractivity contribution in [3.63, 3.8) is 0 Å². The van der Waals surface area contributed by atoms with Crippen LogP contribution >= 0.6 is 11.8 Å². The molecule has 1 saturated heterocycles. The molecule has 0 spiro atoms. The minimum absolute atomic E-state index is 0.0345. The Bertz CT molecular complexity index is 1060. The molecule has 31 heavy (non-hydrogen) atoms. The zero-order valence-electron chi connectivity index (χ0n) is 17.3. The third-order valence-electron chi connectivity index (χ3n) is 4.65. The van der Waals surface area contributed by atoms with Crippen molar-refractivity contribution in [2.24, 2.45) is 0 Å². The van der Waals surface area contributed by atoms with Crippen LogP contribution in [-0.4, -0.2) is 41.7 Å². The number of pyridine rings is 1. The highest BCUT2D eigenvalue weighted by molar-refractivity contribution is 8.00. The number of benzene rings is 1. The Morgan fingerprint density at radius 1 is 1.35 bits per heavy atom. The maximum atomic E-state index is 12.4. The Balaban J connectivity index is 1.66. The van der Waals surface area contributed by atoms with Gasteiger partial charge in [-0.25, -0.2) is 9.78 Å². The van der Waals surface area contributed by atoms with Crippen LogP contribution in [0.25, 0.3) is 0 Å². The van der Waals surface area contributed by atoms with Gasteiger partial charge in [0.05, 0.1) is 29.2 Å². The first kappa shape index (κ1) is 22.3. The van der Waals surface area contributed by atoms with Crippen molar-refractivity contribution in [3.05, 3.63) is 47.2 Å². The van der Waals surface area contributed by atoms with E-state index in [1.54, 1.807) is 36.9 Å². The normalized spacial score (nSPS) is 13.1. The largest absolute Gasteiger partial charge is 0.462 e. The van der Waals surface area contributed by atoms with E-state index in [0.29, 0.717) is 29.4 Å². The predicted octanol–water partition coefficient (Wildman–Crippen LogP) is 3.30. The van der Waals surface area contributed by atoms with Crippen LogP contribution in [0.1, 0.15) is 41.4 Å². The molecule has 160 valence electrons. The molecule has 0 saturated carbocycles. The van der Waals surface area contributed by atoms with Crippen LogP contribution in [0.5, 0.6) is 0 Å². The van der Waals surface area contributed by atoms with Crippen LogP contribution in [-0.2, 0) is 14.3 Å². The van der Waals surface area contributed by atoms with Gasteiger partial charge in [0.1, 0.15) is 11.1 Å². The van der Waals surface area contributed by atoms with E-state index in [1.165, 1.54) is 6.07 Å². The molecule has 1 aromatic carbocycles. The predicted molar refractivity (Wildman–Crippen MR) is 117 cm³/mol. The number of carbonyl (C=O) groups is 3. The number of rotatable bonds is 7. The molecular weight excluding hydrogens is 416 g/mol. The van der Waals surface area contributed by atoms with E-state index in [9.17, 15) is 19.6 Å². The summed E-state index contributed by atoms with van der Waals surface area (Å²) in [6, 6.07) is 10.6. The van der Waals surface area contributed by atoms with Crippen molar-refractivity contribution in [1.82, 2.24) is 4.98 Å². The first-order valence-corrected chi connectivity index (χ1v) is 10.8. The lowest BCUT2D eigenvalue weighted by atomic mass is 10.1. The molecule has 1 aromatic heterocycles. The van der Waals surface area contributed by atoms with Crippen LogP contribution in [0.15, 0.2) is 35.4 Å². The van der Waals surface area contributed by atoms with Gasteiger partial charge < -0.3 is 15.0 Å². The Kier molecular flexibility index (Phi) is 7.26. The minimum Gasteiger partial charge on any atom is -0.462 e. The Morgan fingerprint density at radius 3 is 2.84 bits per heavy atom. The second-order valence-corrected chi connectivity index (χ2v) is 7.81. The molecule has 0 unspecified atom stereocenters. The third-order valence-corrected chi connectivity index (χ3v) is 5.64. The standard InChI is InChI=1S/C22H22N4O4S/c1-3-30-22(29)18-10-15(12-23)21(24-14(18)2)31-13-19(27)25-16-6-4-7-17(11-16)26-9-5-8-20(26)28/h4,6-7,10-11H,3,5,8-9,13H2,1-2H3,(H,25,27). The molecule has 1 N–H and O–H groups in total. The zero-order chi connectivity index (χ0) is 22.4. The molecule has 0 radical (unpaired) electrons. The number of anilines is 2. The van der Waals surface area contributed by atoms with E-state index in [4.69, 9.17) is 4.74 Å². The summed E-state index contributed by atoms with van der Waals surface area (Å²) in [5, 5.41) is 12.6. The van der Waals surface area contributed by atoms with Gasteiger partial charge in [0, 0.05) is 24.3 Å². The van der Waals surface area contributed by atoms with Crippen molar-refractivity contribution in [3.8, 4) is 6.07 Å². The third kappa shape index (κ3) is 5.41. The number of nitriles is 1. The number of amides is 2. The van der Waals surface area contributed by atoms with Crippen LogP contribution in [0.2, 0.25) is 0 Å². The number of hydrogen-bond donors (Lipinski definition) is 1. The van der Waals surface area contributed by atoms with E-state index in [-0.39, 0.29) is 35.3 Å². The number of aryl methyl sites for hydroxylation is 1. The molecule has 3 rings (SSSR count). The summed E-state index contributed by atoms with van der Waals surface area (Å²) in [6.07, 6.45) is 1.37. The number of nitrogens with one attached hydrogen (secondary N) is 1. The summed E-state index contributed by atoms with van der Waals surface area (Å²) >= 11 is 1.11. The zero-order valence-corrected chi connectivity index (χ0v) is 18.1. The number of thioether (sulfide) groups is 1. The highest BCUT2D eigenvalue weighted by atomic mass is 32.2. The number of ether oxygens (including phenoxy) is 1. The molecule has 0 bridgehead atoms. The molecule has 0 aliphatic carbocycles. The lowest BCUT2D eigenvalue weighted by Gasteiger charge is -2.16. The summed E-state index contributed by atoms with van der Waals surface area (Å²) in [4.78, 5) is 42.4.